The first-order valence-corrected chi connectivity index (χ1v) is 9.63. The van der Waals surface area contributed by atoms with Gasteiger partial charge >= 0.3 is 0 Å². The molecule has 3 rings (SSSR count). The zero-order valence-corrected chi connectivity index (χ0v) is 14.3. The van der Waals surface area contributed by atoms with Crippen LogP contribution >= 0.6 is 0 Å². The molecule has 1 aromatic carbocycles. The lowest BCUT2D eigenvalue weighted by atomic mass is 10.3. The molecule has 0 spiro atoms. The van der Waals surface area contributed by atoms with Gasteiger partial charge in [-0.1, -0.05) is 18.2 Å². The van der Waals surface area contributed by atoms with Crippen molar-refractivity contribution in [2.24, 2.45) is 0 Å². The summed E-state index contributed by atoms with van der Waals surface area (Å²) >= 11 is 0. The molecule has 2 aromatic rings. The monoisotopic (exact) mass is 348 g/mol. The lowest BCUT2D eigenvalue weighted by molar-refractivity contribution is 0.437. The molecule has 0 bridgehead atoms. The Morgan fingerprint density at radius 2 is 1.83 bits per heavy atom. The minimum absolute atomic E-state index is 0.436. The number of hydrogen-bond donors (Lipinski definition) is 0. The maximum Gasteiger partial charge on any atom is 0.228 e. The van der Waals surface area contributed by atoms with Gasteiger partial charge < -0.3 is 9.64 Å². The molecule has 1 saturated heterocycles. The zero-order valence-electron chi connectivity index (χ0n) is 13.5. The first-order valence-electron chi connectivity index (χ1n) is 7.78. The number of rotatable bonds is 4. The lowest BCUT2D eigenvalue weighted by Crippen LogP contribution is -2.34. The SMILES string of the molecule is CS(=O)(=O)N1CCCN(c2nccc(Oc3ccccc3)n2)CC1. The summed E-state index contributed by atoms with van der Waals surface area (Å²) in [5, 5.41) is 0. The first-order chi connectivity index (χ1) is 11.5. The summed E-state index contributed by atoms with van der Waals surface area (Å²) in [6.07, 6.45) is 3.63. The highest BCUT2D eigenvalue weighted by Crippen LogP contribution is 2.21. The van der Waals surface area contributed by atoms with Gasteiger partial charge in [0.1, 0.15) is 5.75 Å². The number of sulfonamides is 1. The molecule has 0 atom stereocenters. The number of para-hydroxylation sites is 1. The second-order valence-electron chi connectivity index (χ2n) is 5.61. The molecule has 24 heavy (non-hydrogen) atoms. The average molecular weight is 348 g/mol. The van der Waals surface area contributed by atoms with E-state index in [1.54, 1.807) is 12.3 Å². The van der Waals surface area contributed by atoms with Gasteiger partial charge in [-0.15, -0.1) is 0 Å². The van der Waals surface area contributed by atoms with Crippen molar-refractivity contribution in [3.05, 3.63) is 42.6 Å². The third kappa shape index (κ3) is 4.21. The number of ether oxygens (including phenoxy) is 1. The van der Waals surface area contributed by atoms with E-state index in [4.69, 9.17) is 4.74 Å². The number of hydrogen-bond acceptors (Lipinski definition) is 6. The van der Waals surface area contributed by atoms with Crippen LogP contribution in [0, 0.1) is 0 Å². The minimum Gasteiger partial charge on any atom is -0.439 e. The highest BCUT2D eigenvalue weighted by molar-refractivity contribution is 7.88. The fraction of sp³-hybridized carbons (Fsp3) is 0.375. The van der Waals surface area contributed by atoms with Crippen molar-refractivity contribution in [3.63, 3.8) is 0 Å². The molecule has 0 aliphatic carbocycles. The third-order valence-electron chi connectivity index (χ3n) is 3.79. The Hall–Kier alpha value is -2.19. The predicted molar refractivity (Wildman–Crippen MR) is 91.8 cm³/mol. The van der Waals surface area contributed by atoms with Gasteiger partial charge in [-0.2, -0.15) is 4.98 Å². The van der Waals surface area contributed by atoms with E-state index in [0.29, 0.717) is 43.8 Å². The van der Waals surface area contributed by atoms with Crippen molar-refractivity contribution >= 4 is 16.0 Å². The molecule has 2 heterocycles. The largest absolute Gasteiger partial charge is 0.439 e. The van der Waals surface area contributed by atoms with Crippen molar-refractivity contribution in [2.75, 3.05) is 37.3 Å². The number of benzene rings is 1. The Kier molecular flexibility index (Phi) is 4.96. The fourth-order valence-corrected chi connectivity index (χ4v) is 3.45. The van der Waals surface area contributed by atoms with Crippen molar-refractivity contribution in [3.8, 4) is 11.6 Å². The van der Waals surface area contributed by atoms with Gasteiger partial charge in [0.05, 0.1) is 6.26 Å². The summed E-state index contributed by atoms with van der Waals surface area (Å²) < 4.78 is 30.6. The van der Waals surface area contributed by atoms with Gasteiger partial charge in [0.25, 0.3) is 0 Å². The van der Waals surface area contributed by atoms with E-state index in [1.807, 2.05) is 35.2 Å². The molecule has 1 fully saturated rings. The third-order valence-corrected chi connectivity index (χ3v) is 5.09. The quantitative estimate of drug-likeness (QED) is 0.838. The molecule has 0 saturated carbocycles. The second-order valence-corrected chi connectivity index (χ2v) is 7.60. The maximum atomic E-state index is 11.7. The van der Waals surface area contributed by atoms with Crippen LogP contribution in [0.3, 0.4) is 0 Å². The van der Waals surface area contributed by atoms with Crippen molar-refractivity contribution in [1.82, 2.24) is 14.3 Å². The smallest absolute Gasteiger partial charge is 0.228 e. The first kappa shape index (κ1) is 16.7. The van der Waals surface area contributed by atoms with Crippen molar-refractivity contribution in [1.29, 1.82) is 0 Å². The average Bonchev–Trinajstić information content (AvgIpc) is 2.82. The van der Waals surface area contributed by atoms with E-state index in [9.17, 15) is 8.42 Å². The zero-order chi connectivity index (χ0) is 17.0. The normalized spacial score (nSPS) is 16.6. The molecule has 0 radical (unpaired) electrons. The van der Waals surface area contributed by atoms with E-state index < -0.39 is 10.0 Å². The van der Waals surface area contributed by atoms with Crippen molar-refractivity contribution < 1.29 is 13.2 Å². The van der Waals surface area contributed by atoms with E-state index in [2.05, 4.69) is 9.97 Å². The summed E-state index contributed by atoms with van der Waals surface area (Å²) in [6, 6.07) is 11.1. The standard InChI is InChI=1S/C16H20N4O3S/c1-24(21,22)20-11-5-10-19(12-13-20)16-17-9-8-15(18-16)23-14-6-3-2-4-7-14/h2-4,6-9H,5,10-13H2,1H3. The molecule has 1 aliphatic heterocycles. The Labute approximate surface area is 142 Å². The van der Waals surface area contributed by atoms with Crippen LogP contribution in [0.15, 0.2) is 42.6 Å². The highest BCUT2D eigenvalue weighted by atomic mass is 32.2. The molecule has 7 nitrogen and oxygen atoms in total. The van der Waals surface area contributed by atoms with Gasteiger partial charge in [0.2, 0.25) is 21.9 Å². The molecule has 1 aromatic heterocycles. The van der Waals surface area contributed by atoms with E-state index in [1.165, 1.54) is 10.6 Å². The van der Waals surface area contributed by atoms with Crippen molar-refractivity contribution in [2.45, 2.75) is 6.42 Å². The summed E-state index contributed by atoms with van der Waals surface area (Å²) in [7, 11) is -3.16. The van der Waals surface area contributed by atoms with E-state index in [-0.39, 0.29) is 0 Å². The van der Waals surface area contributed by atoms with Crippen LogP contribution < -0.4 is 9.64 Å². The van der Waals surface area contributed by atoms with Gasteiger partial charge in [-0.3, -0.25) is 0 Å². The molecule has 128 valence electrons. The molecular weight excluding hydrogens is 328 g/mol. The fourth-order valence-electron chi connectivity index (χ4n) is 2.58. The number of anilines is 1. The predicted octanol–water partition coefficient (Wildman–Crippen LogP) is 1.74. The molecule has 8 heteroatoms. The molecular formula is C16H20N4O3S. The minimum atomic E-state index is -3.16. The van der Waals surface area contributed by atoms with Crippen LogP contribution in [0.1, 0.15) is 6.42 Å². The molecule has 1 aliphatic rings. The van der Waals surface area contributed by atoms with Crippen LogP contribution in [0.5, 0.6) is 11.6 Å². The van der Waals surface area contributed by atoms with Crippen LogP contribution in [0.2, 0.25) is 0 Å². The summed E-state index contributed by atoms with van der Waals surface area (Å²) in [5.74, 6) is 1.73. The number of nitrogens with zero attached hydrogens (tertiary/aromatic N) is 4. The van der Waals surface area contributed by atoms with Crippen LogP contribution in [-0.4, -0.2) is 55.1 Å². The van der Waals surface area contributed by atoms with Gasteiger partial charge in [-0.05, 0) is 18.6 Å². The van der Waals surface area contributed by atoms with Crippen LogP contribution in [-0.2, 0) is 10.0 Å². The van der Waals surface area contributed by atoms with E-state index >= 15 is 0 Å². The van der Waals surface area contributed by atoms with Gasteiger partial charge in [-0.25, -0.2) is 17.7 Å². The van der Waals surface area contributed by atoms with Gasteiger partial charge in [0, 0.05) is 38.4 Å². The summed E-state index contributed by atoms with van der Waals surface area (Å²) in [6.45, 7) is 2.23. The summed E-state index contributed by atoms with van der Waals surface area (Å²) in [4.78, 5) is 10.7. The maximum absolute atomic E-state index is 11.7. The topological polar surface area (TPSA) is 75.6 Å². The van der Waals surface area contributed by atoms with Crippen LogP contribution in [0.25, 0.3) is 0 Å². The van der Waals surface area contributed by atoms with Gasteiger partial charge in [0.15, 0.2) is 0 Å². The molecule has 0 N–H and O–H groups in total. The Morgan fingerprint density at radius 1 is 1.04 bits per heavy atom. The van der Waals surface area contributed by atoms with E-state index in [0.717, 1.165) is 6.42 Å². The highest BCUT2D eigenvalue weighted by Gasteiger charge is 2.22. The second kappa shape index (κ2) is 7.14. The Balaban J connectivity index is 1.72. The summed E-state index contributed by atoms with van der Waals surface area (Å²) in [5.41, 5.74) is 0. The molecule has 0 amide bonds. The Morgan fingerprint density at radius 3 is 2.58 bits per heavy atom. The number of aromatic nitrogens is 2. The Bertz CT molecular complexity index is 783. The lowest BCUT2D eigenvalue weighted by Gasteiger charge is -2.21. The van der Waals surface area contributed by atoms with Crippen LogP contribution in [0.4, 0.5) is 5.95 Å². The molecule has 0 unspecified atom stereocenters.